The molecule has 108 valence electrons. The summed E-state index contributed by atoms with van der Waals surface area (Å²) in [4.78, 5) is 2.41. The highest BCUT2D eigenvalue weighted by Crippen LogP contribution is 2.25. The first-order valence-corrected chi connectivity index (χ1v) is 8.66. The van der Waals surface area contributed by atoms with Gasteiger partial charge in [-0.05, 0) is 38.6 Å². The van der Waals surface area contributed by atoms with Crippen LogP contribution in [0.25, 0.3) is 0 Å². The third kappa shape index (κ3) is 4.75. The second-order valence-corrected chi connectivity index (χ2v) is 7.33. The molecule has 3 unspecified atom stereocenters. The van der Waals surface area contributed by atoms with Crippen LogP contribution in [0.2, 0.25) is 0 Å². The molecule has 0 aromatic rings. The molecule has 0 saturated carbocycles. The molecule has 1 N–H and O–H groups in total. The zero-order valence-electron chi connectivity index (χ0n) is 12.9. The average molecular weight is 273 g/mol. The van der Waals surface area contributed by atoms with Crippen LogP contribution in [0.3, 0.4) is 0 Å². The van der Waals surface area contributed by atoms with E-state index in [4.69, 9.17) is 0 Å². The SMILES string of the molecule is CCC(CC)C(CNC1CCCSC1C)N(C)C. The quantitative estimate of drug-likeness (QED) is 0.766. The molecule has 1 saturated heterocycles. The molecule has 0 aromatic heterocycles. The molecule has 18 heavy (non-hydrogen) atoms. The maximum Gasteiger partial charge on any atom is 0.0242 e. The Balaban J connectivity index is 2.45. The fraction of sp³-hybridized carbons (Fsp3) is 1.00. The van der Waals surface area contributed by atoms with Gasteiger partial charge in [0.05, 0.1) is 0 Å². The summed E-state index contributed by atoms with van der Waals surface area (Å²) in [6.07, 6.45) is 5.31. The number of thioether (sulfide) groups is 1. The molecular formula is C15H32N2S. The van der Waals surface area contributed by atoms with Crippen LogP contribution in [0, 0.1) is 5.92 Å². The lowest BCUT2D eigenvalue weighted by molar-refractivity contribution is 0.188. The van der Waals surface area contributed by atoms with Gasteiger partial charge in [0.2, 0.25) is 0 Å². The Labute approximate surface area is 118 Å². The summed E-state index contributed by atoms with van der Waals surface area (Å²) in [6.45, 7) is 8.17. The van der Waals surface area contributed by atoms with E-state index in [0.29, 0.717) is 6.04 Å². The number of nitrogens with zero attached hydrogens (tertiary/aromatic N) is 1. The van der Waals surface area contributed by atoms with Crippen molar-refractivity contribution in [2.24, 2.45) is 5.92 Å². The molecule has 1 fully saturated rings. The predicted octanol–water partition coefficient (Wildman–Crippen LogP) is 3.23. The van der Waals surface area contributed by atoms with E-state index in [1.807, 2.05) is 0 Å². The van der Waals surface area contributed by atoms with E-state index in [-0.39, 0.29) is 0 Å². The van der Waals surface area contributed by atoms with Crippen LogP contribution in [-0.4, -0.2) is 48.6 Å². The van der Waals surface area contributed by atoms with Crippen molar-refractivity contribution in [2.45, 2.75) is 63.8 Å². The highest BCUT2D eigenvalue weighted by Gasteiger charge is 2.25. The molecule has 0 amide bonds. The van der Waals surface area contributed by atoms with Crippen molar-refractivity contribution >= 4 is 11.8 Å². The predicted molar refractivity (Wildman–Crippen MR) is 84.5 cm³/mol. The van der Waals surface area contributed by atoms with Gasteiger partial charge in [-0.15, -0.1) is 0 Å². The normalized spacial score (nSPS) is 26.8. The summed E-state index contributed by atoms with van der Waals surface area (Å²) in [7, 11) is 4.45. The van der Waals surface area contributed by atoms with E-state index in [1.165, 1.54) is 31.4 Å². The Hall–Kier alpha value is 0.270. The highest BCUT2D eigenvalue weighted by molar-refractivity contribution is 7.99. The lowest BCUT2D eigenvalue weighted by Crippen LogP contribution is -2.48. The van der Waals surface area contributed by atoms with Crippen molar-refractivity contribution in [3.05, 3.63) is 0 Å². The molecule has 3 atom stereocenters. The topological polar surface area (TPSA) is 15.3 Å². The van der Waals surface area contributed by atoms with Gasteiger partial charge in [0.25, 0.3) is 0 Å². The van der Waals surface area contributed by atoms with Crippen LogP contribution in [0.1, 0.15) is 46.5 Å². The molecule has 1 aliphatic rings. The molecule has 0 bridgehead atoms. The Morgan fingerprint density at radius 2 is 1.94 bits per heavy atom. The van der Waals surface area contributed by atoms with Crippen LogP contribution >= 0.6 is 11.8 Å². The second-order valence-electron chi connectivity index (χ2n) is 5.84. The van der Waals surface area contributed by atoms with Gasteiger partial charge in [0, 0.05) is 23.9 Å². The number of rotatable bonds is 7. The van der Waals surface area contributed by atoms with Gasteiger partial charge in [-0.25, -0.2) is 0 Å². The summed E-state index contributed by atoms with van der Waals surface area (Å²) in [6, 6.07) is 1.40. The highest BCUT2D eigenvalue weighted by atomic mass is 32.2. The Kier molecular flexibility index (Phi) is 7.66. The summed E-state index contributed by atoms with van der Waals surface area (Å²) in [5.41, 5.74) is 0. The molecule has 1 aliphatic heterocycles. The van der Waals surface area contributed by atoms with Gasteiger partial charge in [-0.3, -0.25) is 0 Å². The third-order valence-corrected chi connectivity index (χ3v) is 5.83. The van der Waals surface area contributed by atoms with Crippen LogP contribution in [0.4, 0.5) is 0 Å². The maximum absolute atomic E-state index is 3.84. The first kappa shape index (κ1) is 16.3. The molecule has 0 radical (unpaired) electrons. The Morgan fingerprint density at radius 3 is 2.44 bits per heavy atom. The van der Waals surface area contributed by atoms with Crippen LogP contribution in [-0.2, 0) is 0 Å². The average Bonchev–Trinajstić information content (AvgIpc) is 2.36. The van der Waals surface area contributed by atoms with Crippen LogP contribution in [0.15, 0.2) is 0 Å². The van der Waals surface area contributed by atoms with Crippen LogP contribution < -0.4 is 5.32 Å². The van der Waals surface area contributed by atoms with Gasteiger partial charge < -0.3 is 10.2 Å². The van der Waals surface area contributed by atoms with E-state index in [9.17, 15) is 0 Å². The van der Waals surface area contributed by atoms with Gasteiger partial charge >= 0.3 is 0 Å². The fourth-order valence-corrected chi connectivity index (χ4v) is 4.24. The van der Waals surface area contributed by atoms with Gasteiger partial charge in [-0.1, -0.05) is 33.6 Å². The molecule has 3 heteroatoms. The van der Waals surface area contributed by atoms with Crippen molar-refractivity contribution in [1.82, 2.24) is 10.2 Å². The van der Waals surface area contributed by atoms with E-state index in [2.05, 4.69) is 56.8 Å². The minimum atomic E-state index is 0.680. The van der Waals surface area contributed by atoms with E-state index in [0.717, 1.165) is 23.8 Å². The van der Waals surface area contributed by atoms with E-state index in [1.54, 1.807) is 0 Å². The molecule has 2 nitrogen and oxygen atoms in total. The van der Waals surface area contributed by atoms with Gasteiger partial charge in [0.15, 0.2) is 0 Å². The van der Waals surface area contributed by atoms with Crippen molar-refractivity contribution in [3.8, 4) is 0 Å². The summed E-state index contributed by atoms with van der Waals surface area (Å²) in [5, 5.41) is 4.62. The molecule has 1 heterocycles. The largest absolute Gasteiger partial charge is 0.311 e. The first-order valence-electron chi connectivity index (χ1n) is 7.61. The van der Waals surface area contributed by atoms with E-state index < -0.39 is 0 Å². The number of likely N-dealkylation sites (N-methyl/N-ethyl adjacent to an activating group) is 1. The monoisotopic (exact) mass is 272 g/mol. The number of hydrogen-bond donors (Lipinski definition) is 1. The molecule has 0 aromatic carbocycles. The fourth-order valence-electron chi connectivity index (χ4n) is 3.07. The van der Waals surface area contributed by atoms with Crippen molar-refractivity contribution in [1.29, 1.82) is 0 Å². The van der Waals surface area contributed by atoms with Gasteiger partial charge in [-0.2, -0.15) is 11.8 Å². The Morgan fingerprint density at radius 1 is 1.28 bits per heavy atom. The zero-order chi connectivity index (χ0) is 13.5. The number of hydrogen-bond acceptors (Lipinski definition) is 3. The maximum atomic E-state index is 3.84. The Bertz CT molecular complexity index is 217. The molecular weight excluding hydrogens is 240 g/mol. The van der Waals surface area contributed by atoms with E-state index >= 15 is 0 Å². The smallest absolute Gasteiger partial charge is 0.0242 e. The number of nitrogens with one attached hydrogen (secondary N) is 1. The van der Waals surface area contributed by atoms with Crippen molar-refractivity contribution in [3.63, 3.8) is 0 Å². The molecule has 0 spiro atoms. The minimum Gasteiger partial charge on any atom is -0.311 e. The second kappa shape index (κ2) is 8.44. The third-order valence-electron chi connectivity index (χ3n) is 4.45. The summed E-state index contributed by atoms with van der Waals surface area (Å²) in [5.74, 6) is 2.17. The van der Waals surface area contributed by atoms with Crippen molar-refractivity contribution in [2.75, 3.05) is 26.4 Å². The summed E-state index contributed by atoms with van der Waals surface area (Å²) < 4.78 is 0. The van der Waals surface area contributed by atoms with Crippen LogP contribution in [0.5, 0.6) is 0 Å². The van der Waals surface area contributed by atoms with Crippen molar-refractivity contribution < 1.29 is 0 Å². The molecule has 0 aliphatic carbocycles. The lowest BCUT2D eigenvalue weighted by atomic mass is 9.93. The lowest BCUT2D eigenvalue weighted by Gasteiger charge is -2.35. The summed E-state index contributed by atoms with van der Waals surface area (Å²) >= 11 is 2.13. The van der Waals surface area contributed by atoms with Gasteiger partial charge in [0.1, 0.15) is 0 Å². The zero-order valence-corrected chi connectivity index (χ0v) is 13.7. The molecule has 1 rings (SSSR count). The minimum absolute atomic E-state index is 0.680. The standard InChI is InChI=1S/C15H32N2S/c1-6-13(7-2)15(17(4)5)11-16-14-9-8-10-18-12(14)3/h12-16H,6-11H2,1-5H3. The first-order chi connectivity index (χ1) is 8.60.